The van der Waals surface area contributed by atoms with E-state index in [4.69, 9.17) is 10.7 Å². The topological polar surface area (TPSA) is 55.0 Å². The molecule has 4 heteroatoms. The summed E-state index contributed by atoms with van der Waals surface area (Å²) in [5.74, 6) is 7.85. The van der Waals surface area contributed by atoms with Crippen molar-refractivity contribution in [2.75, 3.05) is 10.6 Å². The lowest BCUT2D eigenvalue weighted by Gasteiger charge is -2.27. The number of nitrogens with two attached hydrogens (primary N) is 1. The van der Waals surface area contributed by atoms with Gasteiger partial charge in [0.2, 0.25) is 0 Å². The van der Waals surface area contributed by atoms with E-state index in [0.717, 1.165) is 46.5 Å². The Morgan fingerprint density at radius 2 is 1.57 bits per heavy atom. The van der Waals surface area contributed by atoms with Crippen molar-refractivity contribution in [1.29, 1.82) is 0 Å². The van der Waals surface area contributed by atoms with E-state index in [1.807, 2.05) is 36.4 Å². The first kappa shape index (κ1) is 25.7. The number of nitrogens with zero attached hydrogens (tertiary/aromatic N) is 3. The molecule has 0 saturated heterocycles. The first-order valence-corrected chi connectivity index (χ1v) is 12.9. The van der Waals surface area contributed by atoms with Crippen molar-refractivity contribution in [2.24, 2.45) is 0 Å². The SMILES string of the molecule is C=C(c1ccccc1)c1c(N)ncnc1N(Cc1ccccc1)Cc1cccc(C#CCCCCC)c1. The van der Waals surface area contributed by atoms with Crippen LogP contribution in [0, 0.1) is 11.8 Å². The predicted octanol–water partition coefficient (Wildman–Crippen LogP) is 7.26. The second-order valence-corrected chi connectivity index (χ2v) is 9.10. The second kappa shape index (κ2) is 13.1. The molecule has 0 unspecified atom stereocenters. The van der Waals surface area contributed by atoms with Crippen LogP contribution in [-0.4, -0.2) is 9.97 Å². The number of aromatic nitrogens is 2. The van der Waals surface area contributed by atoms with Gasteiger partial charge >= 0.3 is 0 Å². The van der Waals surface area contributed by atoms with Crippen molar-refractivity contribution in [1.82, 2.24) is 9.97 Å². The summed E-state index contributed by atoms with van der Waals surface area (Å²) in [5.41, 5.74) is 12.4. The van der Waals surface area contributed by atoms with Gasteiger partial charge in [0.15, 0.2) is 0 Å². The van der Waals surface area contributed by atoms with Gasteiger partial charge in [0.25, 0.3) is 0 Å². The quantitative estimate of drug-likeness (QED) is 0.189. The Bertz CT molecular complexity index is 1370. The molecule has 1 heterocycles. The van der Waals surface area contributed by atoms with Crippen LogP contribution in [0.25, 0.3) is 5.57 Å². The minimum absolute atomic E-state index is 0.420. The maximum atomic E-state index is 6.44. The molecule has 4 nitrogen and oxygen atoms in total. The molecule has 0 atom stereocenters. The minimum atomic E-state index is 0.420. The number of anilines is 2. The van der Waals surface area contributed by atoms with E-state index in [0.29, 0.717) is 18.9 Å². The van der Waals surface area contributed by atoms with Gasteiger partial charge in [-0.1, -0.05) is 111 Å². The third-order valence-corrected chi connectivity index (χ3v) is 6.23. The summed E-state index contributed by atoms with van der Waals surface area (Å²) in [6.45, 7) is 7.90. The summed E-state index contributed by atoms with van der Waals surface area (Å²) in [4.78, 5) is 11.3. The fourth-order valence-electron chi connectivity index (χ4n) is 4.31. The average Bonchev–Trinajstić information content (AvgIpc) is 2.93. The Hall–Kier alpha value is -4.36. The van der Waals surface area contributed by atoms with Gasteiger partial charge in [-0.05, 0) is 40.8 Å². The molecule has 2 N–H and O–H groups in total. The van der Waals surface area contributed by atoms with Crippen LogP contribution < -0.4 is 10.6 Å². The third-order valence-electron chi connectivity index (χ3n) is 6.23. The van der Waals surface area contributed by atoms with E-state index in [-0.39, 0.29) is 0 Å². The van der Waals surface area contributed by atoms with Gasteiger partial charge in [-0.2, -0.15) is 0 Å². The molecular formula is C33H34N4. The van der Waals surface area contributed by atoms with Gasteiger partial charge in [-0.25, -0.2) is 9.97 Å². The standard InChI is InChI=1S/C33H34N4/c1-3-4-5-6-9-15-27-18-14-19-29(22-27)24-37(23-28-16-10-7-11-17-28)33-31(32(34)35-25-36-33)26(2)30-20-12-8-13-21-30/h7-8,10-14,16-22,25H,2-6,23-24H2,1H3,(H2,34,35,36). The summed E-state index contributed by atoms with van der Waals surface area (Å²) in [6.07, 6.45) is 6.05. The van der Waals surface area contributed by atoms with Crippen LogP contribution in [0.3, 0.4) is 0 Å². The van der Waals surface area contributed by atoms with Crippen molar-refractivity contribution in [3.63, 3.8) is 0 Å². The Balaban J connectivity index is 1.68. The molecule has 37 heavy (non-hydrogen) atoms. The number of rotatable bonds is 10. The zero-order valence-corrected chi connectivity index (χ0v) is 21.5. The Labute approximate surface area is 220 Å². The Kier molecular flexibility index (Phi) is 9.10. The van der Waals surface area contributed by atoms with Gasteiger partial charge in [0, 0.05) is 25.1 Å². The van der Waals surface area contributed by atoms with E-state index < -0.39 is 0 Å². The maximum Gasteiger partial charge on any atom is 0.142 e. The summed E-state index contributed by atoms with van der Waals surface area (Å²) in [6, 6.07) is 28.9. The summed E-state index contributed by atoms with van der Waals surface area (Å²) in [5, 5.41) is 0. The number of benzene rings is 3. The minimum Gasteiger partial charge on any atom is -0.383 e. The lowest BCUT2D eigenvalue weighted by Crippen LogP contribution is -2.25. The normalized spacial score (nSPS) is 10.4. The summed E-state index contributed by atoms with van der Waals surface area (Å²) in [7, 11) is 0. The largest absolute Gasteiger partial charge is 0.383 e. The average molecular weight is 487 g/mol. The fourth-order valence-corrected chi connectivity index (χ4v) is 4.31. The molecule has 0 aliphatic carbocycles. The van der Waals surface area contributed by atoms with Gasteiger partial charge in [-0.15, -0.1) is 0 Å². The van der Waals surface area contributed by atoms with Crippen LogP contribution in [0.2, 0.25) is 0 Å². The highest BCUT2D eigenvalue weighted by molar-refractivity contribution is 5.88. The van der Waals surface area contributed by atoms with E-state index in [1.165, 1.54) is 24.7 Å². The molecule has 0 fully saturated rings. The Morgan fingerprint density at radius 1 is 0.865 bits per heavy atom. The molecule has 0 saturated carbocycles. The van der Waals surface area contributed by atoms with Crippen molar-refractivity contribution >= 4 is 17.2 Å². The second-order valence-electron chi connectivity index (χ2n) is 9.10. The van der Waals surface area contributed by atoms with Gasteiger partial charge in [0.05, 0.1) is 5.56 Å². The highest BCUT2D eigenvalue weighted by atomic mass is 15.2. The van der Waals surface area contributed by atoms with Gasteiger partial charge < -0.3 is 10.6 Å². The van der Waals surface area contributed by atoms with Crippen LogP contribution in [-0.2, 0) is 13.1 Å². The lowest BCUT2D eigenvalue weighted by molar-refractivity contribution is 0.737. The van der Waals surface area contributed by atoms with Crippen LogP contribution >= 0.6 is 0 Å². The molecule has 1 aromatic heterocycles. The highest BCUT2D eigenvalue weighted by Gasteiger charge is 2.20. The predicted molar refractivity (Wildman–Crippen MR) is 155 cm³/mol. The maximum absolute atomic E-state index is 6.44. The number of unbranched alkanes of at least 4 members (excludes halogenated alkanes) is 3. The molecule has 0 aliphatic rings. The number of nitrogen functional groups attached to an aromatic ring is 1. The summed E-state index contributed by atoms with van der Waals surface area (Å²) < 4.78 is 0. The van der Waals surface area contributed by atoms with Crippen molar-refractivity contribution in [3.05, 3.63) is 126 Å². The van der Waals surface area contributed by atoms with E-state index >= 15 is 0 Å². The summed E-state index contributed by atoms with van der Waals surface area (Å²) >= 11 is 0. The zero-order chi connectivity index (χ0) is 25.9. The van der Waals surface area contributed by atoms with Crippen LogP contribution in [0.15, 0.2) is 97.8 Å². The molecule has 0 radical (unpaired) electrons. The van der Waals surface area contributed by atoms with E-state index in [1.54, 1.807) is 0 Å². The van der Waals surface area contributed by atoms with Crippen molar-refractivity contribution in [3.8, 4) is 11.8 Å². The van der Waals surface area contributed by atoms with Gasteiger partial charge in [0.1, 0.15) is 18.0 Å². The van der Waals surface area contributed by atoms with Crippen molar-refractivity contribution < 1.29 is 0 Å². The number of hydrogen-bond acceptors (Lipinski definition) is 4. The molecule has 0 amide bonds. The third kappa shape index (κ3) is 7.08. The van der Waals surface area contributed by atoms with Crippen LogP contribution in [0.4, 0.5) is 11.6 Å². The van der Waals surface area contributed by atoms with Crippen LogP contribution in [0.1, 0.15) is 60.4 Å². The fraction of sp³-hybridized carbons (Fsp3) is 0.212. The molecule has 186 valence electrons. The molecule has 0 spiro atoms. The zero-order valence-electron chi connectivity index (χ0n) is 21.5. The molecule has 3 aromatic carbocycles. The van der Waals surface area contributed by atoms with Crippen molar-refractivity contribution in [2.45, 2.75) is 45.7 Å². The Morgan fingerprint density at radius 3 is 2.32 bits per heavy atom. The van der Waals surface area contributed by atoms with Crippen LogP contribution in [0.5, 0.6) is 0 Å². The number of hydrogen-bond donors (Lipinski definition) is 1. The van der Waals surface area contributed by atoms with E-state index in [9.17, 15) is 0 Å². The monoisotopic (exact) mass is 486 g/mol. The molecule has 4 aromatic rings. The molecule has 0 aliphatic heterocycles. The molecular weight excluding hydrogens is 452 g/mol. The molecule has 4 rings (SSSR count). The molecule has 0 bridgehead atoms. The van der Waals surface area contributed by atoms with E-state index in [2.05, 4.69) is 83.8 Å². The first-order valence-electron chi connectivity index (χ1n) is 12.9. The first-order chi connectivity index (χ1) is 18.2. The lowest BCUT2D eigenvalue weighted by atomic mass is 9.99. The highest BCUT2D eigenvalue weighted by Crippen LogP contribution is 2.34. The van der Waals surface area contributed by atoms with Gasteiger partial charge in [-0.3, -0.25) is 0 Å². The smallest absolute Gasteiger partial charge is 0.142 e.